The summed E-state index contributed by atoms with van der Waals surface area (Å²) in [6.45, 7) is 6.67. The van der Waals surface area contributed by atoms with Gasteiger partial charge in [-0.15, -0.1) is 0 Å². The topological polar surface area (TPSA) is 46.6 Å². The highest BCUT2D eigenvalue weighted by Crippen LogP contribution is 2.37. The Labute approximate surface area is 153 Å². The summed E-state index contributed by atoms with van der Waals surface area (Å²) in [5, 5.41) is 1.00. The van der Waals surface area contributed by atoms with Crippen molar-refractivity contribution in [1.82, 2.24) is 4.90 Å². The molecule has 1 amide bonds. The largest absolute Gasteiger partial charge is 0.457 e. The lowest BCUT2D eigenvalue weighted by atomic mass is 9.95. The first-order valence-corrected chi connectivity index (χ1v) is 8.96. The minimum absolute atomic E-state index is 0.0451. The Morgan fingerprint density at radius 3 is 2.17 bits per heavy atom. The van der Waals surface area contributed by atoms with Gasteiger partial charge < -0.3 is 9.64 Å². The lowest BCUT2D eigenvalue weighted by Crippen LogP contribution is -2.39. The van der Waals surface area contributed by atoms with E-state index >= 15 is 0 Å². The maximum atomic E-state index is 12.6. The van der Waals surface area contributed by atoms with Crippen molar-refractivity contribution in [2.75, 3.05) is 13.1 Å². The van der Waals surface area contributed by atoms with Crippen molar-refractivity contribution in [3.05, 3.63) is 33.8 Å². The summed E-state index contributed by atoms with van der Waals surface area (Å²) in [6, 6.07) is 5.26. The molecule has 4 nitrogen and oxygen atoms in total. The van der Waals surface area contributed by atoms with Gasteiger partial charge in [-0.05, 0) is 30.9 Å². The molecule has 0 aromatic heterocycles. The molecule has 1 atom stereocenters. The third-order valence-electron chi connectivity index (χ3n) is 4.41. The van der Waals surface area contributed by atoms with Crippen LogP contribution < -0.4 is 0 Å². The molecule has 1 unspecified atom stereocenters. The van der Waals surface area contributed by atoms with Gasteiger partial charge in [-0.1, -0.05) is 43.1 Å². The standard InChI is InChI=1S/C18H23Cl2NO3/c1-11(2)17(16-14(19)5-4-6-15(16)20)24-18(23)13-7-9-21(10-8-13)12(3)22/h4-6,11,13,17H,7-10H2,1-3H3. The summed E-state index contributed by atoms with van der Waals surface area (Å²) in [5.41, 5.74) is 0.658. The fourth-order valence-corrected chi connectivity index (χ4v) is 3.57. The van der Waals surface area contributed by atoms with Crippen LogP contribution >= 0.6 is 23.2 Å². The number of rotatable bonds is 4. The molecular formula is C18H23Cl2NO3. The first-order chi connectivity index (χ1) is 11.3. The van der Waals surface area contributed by atoms with Crippen LogP contribution in [-0.4, -0.2) is 29.9 Å². The van der Waals surface area contributed by atoms with Gasteiger partial charge >= 0.3 is 5.97 Å². The third-order valence-corrected chi connectivity index (χ3v) is 5.07. The van der Waals surface area contributed by atoms with Crippen molar-refractivity contribution in [2.45, 2.75) is 39.7 Å². The first-order valence-electron chi connectivity index (χ1n) is 8.21. The third kappa shape index (κ3) is 4.42. The van der Waals surface area contributed by atoms with Crippen LogP contribution in [0.15, 0.2) is 18.2 Å². The molecule has 1 fully saturated rings. The molecular weight excluding hydrogens is 349 g/mol. The minimum atomic E-state index is -0.482. The van der Waals surface area contributed by atoms with Gasteiger partial charge in [0.15, 0.2) is 0 Å². The average Bonchev–Trinajstić information content (AvgIpc) is 2.53. The van der Waals surface area contributed by atoms with Crippen molar-refractivity contribution >= 4 is 35.1 Å². The molecule has 0 spiro atoms. The van der Waals surface area contributed by atoms with Crippen LogP contribution in [0.5, 0.6) is 0 Å². The summed E-state index contributed by atoms with van der Waals surface area (Å²) >= 11 is 12.5. The van der Waals surface area contributed by atoms with Gasteiger partial charge in [0.2, 0.25) is 5.91 Å². The maximum absolute atomic E-state index is 12.6. The Morgan fingerprint density at radius 1 is 1.17 bits per heavy atom. The monoisotopic (exact) mass is 371 g/mol. The van der Waals surface area contributed by atoms with Gasteiger partial charge in [-0.25, -0.2) is 0 Å². The van der Waals surface area contributed by atoms with Crippen molar-refractivity contribution in [3.63, 3.8) is 0 Å². The fraction of sp³-hybridized carbons (Fsp3) is 0.556. The van der Waals surface area contributed by atoms with Crippen molar-refractivity contribution in [3.8, 4) is 0 Å². The van der Waals surface area contributed by atoms with Crippen LogP contribution in [0.4, 0.5) is 0 Å². The predicted octanol–water partition coefficient (Wildman–Crippen LogP) is 4.49. The number of hydrogen-bond acceptors (Lipinski definition) is 3. The van der Waals surface area contributed by atoms with E-state index in [0.29, 0.717) is 41.5 Å². The molecule has 0 N–H and O–H groups in total. The molecule has 2 rings (SSSR count). The summed E-state index contributed by atoms with van der Waals surface area (Å²) in [5.74, 6) is -0.343. The molecule has 1 saturated heterocycles. The number of piperidine rings is 1. The number of carbonyl (C=O) groups is 2. The Balaban J connectivity index is 2.09. The molecule has 0 radical (unpaired) electrons. The highest BCUT2D eigenvalue weighted by Gasteiger charge is 2.31. The molecule has 1 aromatic rings. The van der Waals surface area contributed by atoms with Crippen molar-refractivity contribution in [1.29, 1.82) is 0 Å². The molecule has 6 heteroatoms. The number of hydrogen-bond donors (Lipinski definition) is 0. The van der Waals surface area contributed by atoms with E-state index in [1.165, 1.54) is 0 Å². The lowest BCUT2D eigenvalue weighted by Gasteiger charge is -2.32. The van der Waals surface area contributed by atoms with Gasteiger partial charge in [0.1, 0.15) is 6.10 Å². The minimum Gasteiger partial charge on any atom is -0.457 e. The molecule has 0 bridgehead atoms. The van der Waals surface area contributed by atoms with Gasteiger partial charge in [-0.3, -0.25) is 9.59 Å². The van der Waals surface area contributed by atoms with E-state index in [-0.39, 0.29) is 23.7 Å². The van der Waals surface area contributed by atoms with Crippen LogP contribution in [0, 0.1) is 11.8 Å². The Bertz CT molecular complexity index is 590. The summed E-state index contributed by atoms with van der Waals surface area (Å²) in [6.07, 6.45) is 0.767. The van der Waals surface area contributed by atoms with E-state index in [9.17, 15) is 9.59 Å². The Kier molecular flexibility index (Phi) is 6.53. The SMILES string of the molecule is CC(=O)N1CCC(C(=O)OC(c2c(Cl)cccc2Cl)C(C)C)CC1. The molecule has 0 saturated carbocycles. The molecule has 0 aliphatic carbocycles. The number of esters is 1. The van der Waals surface area contributed by atoms with Gasteiger partial charge in [0.25, 0.3) is 0 Å². The molecule has 1 aliphatic heterocycles. The quantitative estimate of drug-likeness (QED) is 0.732. The predicted molar refractivity (Wildman–Crippen MR) is 95.1 cm³/mol. The van der Waals surface area contributed by atoms with Crippen LogP contribution in [-0.2, 0) is 14.3 Å². The number of likely N-dealkylation sites (tertiary alicyclic amines) is 1. The summed E-state index contributed by atoms with van der Waals surface area (Å²) < 4.78 is 5.78. The second kappa shape index (κ2) is 8.21. The Morgan fingerprint density at radius 2 is 1.71 bits per heavy atom. The lowest BCUT2D eigenvalue weighted by molar-refractivity contribution is -0.159. The number of ether oxygens (including phenoxy) is 1. The van der Waals surface area contributed by atoms with E-state index < -0.39 is 6.10 Å². The van der Waals surface area contributed by atoms with E-state index in [0.717, 1.165) is 0 Å². The zero-order valence-corrected chi connectivity index (χ0v) is 15.7. The van der Waals surface area contributed by atoms with E-state index in [1.54, 1.807) is 30.0 Å². The number of benzene rings is 1. The zero-order valence-electron chi connectivity index (χ0n) is 14.2. The summed E-state index contributed by atoms with van der Waals surface area (Å²) in [4.78, 5) is 25.7. The molecule has 132 valence electrons. The molecule has 1 aliphatic rings. The molecule has 24 heavy (non-hydrogen) atoms. The highest BCUT2D eigenvalue weighted by atomic mass is 35.5. The van der Waals surface area contributed by atoms with Crippen LogP contribution in [0.2, 0.25) is 10.0 Å². The van der Waals surface area contributed by atoms with Gasteiger partial charge in [0.05, 0.1) is 5.92 Å². The highest BCUT2D eigenvalue weighted by molar-refractivity contribution is 6.36. The van der Waals surface area contributed by atoms with E-state index in [2.05, 4.69) is 0 Å². The number of nitrogens with zero attached hydrogens (tertiary/aromatic N) is 1. The normalized spacial score (nSPS) is 17.0. The van der Waals surface area contributed by atoms with Crippen LogP contribution in [0.1, 0.15) is 45.3 Å². The van der Waals surface area contributed by atoms with Crippen LogP contribution in [0.3, 0.4) is 0 Å². The van der Waals surface area contributed by atoms with Crippen LogP contribution in [0.25, 0.3) is 0 Å². The number of amides is 1. The second-order valence-corrected chi connectivity index (χ2v) is 7.33. The van der Waals surface area contributed by atoms with E-state index in [4.69, 9.17) is 27.9 Å². The molecule has 1 aromatic carbocycles. The van der Waals surface area contributed by atoms with Crippen molar-refractivity contribution < 1.29 is 14.3 Å². The summed E-state index contributed by atoms with van der Waals surface area (Å²) in [7, 11) is 0. The number of carbonyl (C=O) groups excluding carboxylic acids is 2. The molecule has 1 heterocycles. The first kappa shape index (κ1) is 19.1. The fourth-order valence-electron chi connectivity index (χ4n) is 2.96. The Hall–Kier alpha value is -1.26. The maximum Gasteiger partial charge on any atom is 0.309 e. The number of halogens is 2. The second-order valence-electron chi connectivity index (χ2n) is 6.52. The van der Waals surface area contributed by atoms with Gasteiger partial charge in [0, 0.05) is 35.6 Å². The zero-order chi connectivity index (χ0) is 17.9. The average molecular weight is 372 g/mol. The van der Waals surface area contributed by atoms with Gasteiger partial charge in [-0.2, -0.15) is 0 Å². The van der Waals surface area contributed by atoms with E-state index in [1.807, 2.05) is 13.8 Å². The van der Waals surface area contributed by atoms with Crippen molar-refractivity contribution in [2.24, 2.45) is 11.8 Å². The smallest absolute Gasteiger partial charge is 0.309 e.